The van der Waals surface area contributed by atoms with E-state index in [0.29, 0.717) is 26.1 Å². The first kappa shape index (κ1) is 27.6. The summed E-state index contributed by atoms with van der Waals surface area (Å²) in [4.78, 5) is 12.6. The molecule has 1 aliphatic rings. The summed E-state index contributed by atoms with van der Waals surface area (Å²) in [6, 6.07) is 7.52. The number of rotatable bonds is 12. The highest BCUT2D eigenvalue weighted by atomic mass is 32.2. The van der Waals surface area contributed by atoms with Crippen LogP contribution in [0, 0.1) is 0 Å². The molecule has 0 radical (unpaired) electrons. The molecule has 0 saturated carbocycles. The van der Waals surface area contributed by atoms with Gasteiger partial charge >= 0.3 is 6.09 Å². The largest absolute Gasteiger partial charge is 0.444 e. The SMILES string of the molecule is CCCCC1(CCC(CC(O)CS(=O)(=O)c2ccccc2)NC(=O)OC(C)(C)C)OCCO1. The lowest BCUT2D eigenvalue weighted by Crippen LogP contribution is -2.43. The molecule has 1 aliphatic heterocycles. The molecule has 1 aromatic carbocycles. The van der Waals surface area contributed by atoms with E-state index in [4.69, 9.17) is 14.2 Å². The average molecular weight is 486 g/mol. The van der Waals surface area contributed by atoms with Crippen LogP contribution in [0.4, 0.5) is 4.79 Å². The number of sulfone groups is 1. The molecule has 1 amide bonds. The molecule has 188 valence electrons. The van der Waals surface area contributed by atoms with Gasteiger partial charge in [0, 0.05) is 18.9 Å². The van der Waals surface area contributed by atoms with Crippen molar-refractivity contribution in [2.24, 2.45) is 0 Å². The molecule has 33 heavy (non-hydrogen) atoms. The Morgan fingerprint density at radius 3 is 2.39 bits per heavy atom. The number of amides is 1. The smallest absolute Gasteiger partial charge is 0.407 e. The van der Waals surface area contributed by atoms with Crippen molar-refractivity contribution in [1.29, 1.82) is 0 Å². The quantitative estimate of drug-likeness (QED) is 0.463. The topological polar surface area (TPSA) is 111 Å². The summed E-state index contributed by atoms with van der Waals surface area (Å²) < 4.78 is 42.5. The predicted octanol–water partition coefficient (Wildman–Crippen LogP) is 3.82. The molecule has 2 atom stereocenters. The molecule has 0 aromatic heterocycles. The number of benzene rings is 1. The molecule has 1 aromatic rings. The molecule has 8 nitrogen and oxygen atoms in total. The first-order valence-corrected chi connectivity index (χ1v) is 13.3. The van der Waals surface area contributed by atoms with Crippen LogP contribution < -0.4 is 5.32 Å². The number of carbonyl (C=O) groups is 1. The summed E-state index contributed by atoms with van der Waals surface area (Å²) in [7, 11) is -3.66. The fourth-order valence-electron chi connectivity index (χ4n) is 3.85. The lowest BCUT2D eigenvalue weighted by atomic mass is 9.97. The zero-order chi connectivity index (χ0) is 24.5. The van der Waals surface area contributed by atoms with E-state index < -0.39 is 45.2 Å². The van der Waals surface area contributed by atoms with Crippen LogP contribution in [0.2, 0.25) is 0 Å². The third-order valence-corrected chi connectivity index (χ3v) is 7.20. The summed E-state index contributed by atoms with van der Waals surface area (Å²) in [5.41, 5.74) is -0.677. The van der Waals surface area contributed by atoms with E-state index >= 15 is 0 Å². The third-order valence-electron chi connectivity index (χ3n) is 5.39. The third kappa shape index (κ3) is 9.60. The van der Waals surface area contributed by atoms with Crippen LogP contribution in [0.25, 0.3) is 0 Å². The molecule has 2 unspecified atom stereocenters. The van der Waals surface area contributed by atoms with Gasteiger partial charge in [0.1, 0.15) is 5.60 Å². The highest BCUT2D eigenvalue weighted by molar-refractivity contribution is 7.91. The van der Waals surface area contributed by atoms with Crippen LogP contribution in [-0.4, -0.2) is 62.1 Å². The Kier molecular flexibility index (Phi) is 10.1. The molecule has 0 aliphatic carbocycles. The number of alkyl carbamates (subject to hydrolysis) is 1. The van der Waals surface area contributed by atoms with Crippen molar-refractivity contribution in [1.82, 2.24) is 5.32 Å². The van der Waals surface area contributed by atoms with E-state index in [9.17, 15) is 18.3 Å². The second-order valence-corrected chi connectivity index (χ2v) is 11.6. The van der Waals surface area contributed by atoms with E-state index in [2.05, 4.69) is 12.2 Å². The summed E-state index contributed by atoms with van der Waals surface area (Å²) in [5, 5.41) is 13.4. The van der Waals surface area contributed by atoms with Crippen LogP contribution in [0.1, 0.15) is 66.2 Å². The van der Waals surface area contributed by atoms with Gasteiger partial charge in [0.05, 0.1) is 30.0 Å². The van der Waals surface area contributed by atoms with Gasteiger partial charge in [-0.25, -0.2) is 13.2 Å². The Morgan fingerprint density at radius 2 is 1.82 bits per heavy atom. The minimum atomic E-state index is -3.66. The maximum absolute atomic E-state index is 12.7. The summed E-state index contributed by atoms with van der Waals surface area (Å²) in [6.45, 7) is 8.44. The molecule has 0 spiro atoms. The number of aliphatic hydroxyl groups is 1. The normalized spacial score (nSPS) is 18.0. The second kappa shape index (κ2) is 12.1. The Labute approximate surface area is 197 Å². The molecule has 2 N–H and O–H groups in total. The van der Waals surface area contributed by atoms with Crippen molar-refractivity contribution in [3.05, 3.63) is 30.3 Å². The molecule has 1 fully saturated rings. The standard InChI is InChI=1S/C24H39NO7S/c1-5-6-13-24(30-15-16-31-24)14-12-19(25-22(27)32-23(2,3)4)17-20(26)18-33(28,29)21-10-8-7-9-11-21/h7-11,19-20,26H,5-6,12-18H2,1-4H3,(H,25,27). The van der Waals surface area contributed by atoms with E-state index in [1.165, 1.54) is 12.1 Å². The van der Waals surface area contributed by atoms with Crippen LogP contribution in [0.5, 0.6) is 0 Å². The van der Waals surface area contributed by atoms with Crippen molar-refractivity contribution in [3.8, 4) is 0 Å². The van der Waals surface area contributed by atoms with E-state index in [1.807, 2.05) is 0 Å². The molecular weight excluding hydrogens is 446 g/mol. The van der Waals surface area contributed by atoms with Gasteiger partial charge in [0.2, 0.25) is 0 Å². The van der Waals surface area contributed by atoms with Gasteiger partial charge in [-0.15, -0.1) is 0 Å². The summed E-state index contributed by atoms with van der Waals surface area (Å²) in [6.07, 6.45) is 1.96. The van der Waals surface area contributed by atoms with Gasteiger partial charge in [0.25, 0.3) is 0 Å². The van der Waals surface area contributed by atoms with Crippen molar-refractivity contribution in [2.45, 2.75) is 94.6 Å². The van der Waals surface area contributed by atoms with Gasteiger partial charge in [-0.05, 0) is 52.2 Å². The highest BCUT2D eigenvalue weighted by Gasteiger charge is 2.37. The van der Waals surface area contributed by atoms with Crippen molar-refractivity contribution in [2.75, 3.05) is 19.0 Å². The van der Waals surface area contributed by atoms with Crippen LogP contribution in [0.3, 0.4) is 0 Å². The lowest BCUT2D eigenvalue weighted by Gasteiger charge is -2.30. The zero-order valence-electron chi connectivity index (χ0n) is 20.2. The average Bonchev–Trinajstić information content (AvgIpc) is 3.18. The number of hydrogen-bond donors (Lipinski definition) is 2. The molecule has 9 heteroatoms. The van der Waals surface area contributed by atoms with Crippen molar-refractivity contribution >= 4 is 15.9 Å². The lowest BCUT2D eigenvalue weighted by molar-refractivity contribution is -0.169. The first-order chi connectivity index (χ1) is 15.4. The fourth-order valence-corrected chi connectivity index (χ4v) is 5.25. The maximum atomic E-state index is 12.7. The van der Waals surface area contributed by atoms with E-state index in [1.54, 1.807) is 39.0 Å². The van der Waals surface area contributed by atoms with Gasteiger partial charge < -0.3 is 24.6 Å². The predicted molar refractivity (Wildman–Crippen MR) is 126 cm³/mol. The molecule has 2 rings (SSSR count). The Hall–Kier alpha value is -1.68. The number of nitrogens with one attached hydrogen (secondary N) is 1. The highest BCUT2D eigenvalue weighted by Crippen LogP contribution is 2.31. The van der Waals surface area contributed by atoms with Crippen LogP contribution in [0.15, 0.2) is 35.2 Å². The number of hydrogen-bond acceptors (Lipinski definition) is 7. The van der Waals surface area contributed by atoms with Gasteiger partial charge in [0.15, 0.2) is 15.6 Å². The van der Waals surface area contributed by atoms with Crippen molar-refractivity contribution < 1.29 is 32.5 Å². The summed E-state index contributed by atoms with van der Waals surface area (Å²) >= 11 is 0. The number of ether oxygens (including phenoxy) is 3. The Morgan fingerprint density at radius 1 is 1.18 bits per heavy atom. The monoisotopic (exact) mass is 485 g/mol. The number of unbranched alkanes of at least 4 members (excludes halogenated alkanes) is 1. The van der Waals surface area contributed by atoms with Crippen LogP contribution in [-0.2, 0) is 24.0 Å². The minimum Gasteiger partial charge on any atom is -0.444 e. The Balaban J connectivity index is 2.07. The number of carbonyl (C=O) groups excluding carboxylic acids is 1. The van der Waals surface area contributed by atoms with Crippen LogP contribution >= 0.6 is 0 Å². The zero-order valence-corrected chi connectivity index (χ0v) is 21.0. The molecule has 0 bridgehead atoms. The second-order valence-electron chi connectivity index (χ2n) is 9.58. The van der Waals surface area contributed by atoms with Gasteiger partial charge in [-0.1, -0.05) is 31.5 Å². The first-order valence-electron chi connectivity index (χ1n) is 11.7. The fraction of sp³-hybridized carbons (Fsp3) is 0.708. The maximum Gasteiger partial charge on any atom is 0.407 e. The van der Waals surface area contributed by atoms with Gasteiger partial charge in [-0.2, -0.15) is 0 Å². The number of aliphatic hydroxyl groups excluding tert-OH is 1. The Bertz CT molecular complexity index is 830. The molecule has 1 saturated heterocycles. The van der Waals surface area contributed by atoms with Gasteiger partial charge in [-0.3, -0.25) is 0 Å². The van der Waals surface area contributed by atoms with E-state index in [-0.39, 0.29) is 11.3 Å². The minimum absolute atomic E-state index is 0.0646. The van der Waals surface area contributed by atoms with E-state index in [0.717, 1.165) is 19.3 Å². The van der Waals surface area contributed by atoms with Crippen molar-refractivity contribution in [3.63, 3.8) is 0 Å². The molecular formula is C24H39NO7S. The molecule has 1 heterocycles. The summed E-state index contributed by atoms with van der Waals surface area (Å²) in [5.74, 6) is -1.14.